The molecule has 0 spiro atoms. The maximum Gasteiger partial charge on any atom is 0.116 e. The van der Waals surface area contributed by atoms with Gasteiger partial charge in [-0.2, -0.15) is 0 Å². The van der Waals surface area contributed by atoms with Gasteiger partial charge >= 0.3 is 0 Å². The summed E-state index contributed by atoms with van der Waals surface area (Å²) >= 11 is 1.67. The zero-order chi connectivity index (χ0) is 9.84. The van der Waals surface area contributed by atoms with Gasteiger partial charge in [0.05, 0.1) is 0 Å². The van der Waals surface area contributed by atoms with Crippen molar-refractivity contribution in [1.29, 1.82) is 0 Å². The Bertz CT molecular complexity index is 300. The lowest BCUT2D eigenvalue weighted by atomic mass is 10.0. The Morgan fingerprint density at radius 2 is 2.38 bits per heavy atom. The SMILES string of the molecule is Cc1csc(C=C(CN)C(C)C)n1. The normalized spacial score (nSPS) is 12.5. The van der Waals surface area contributed by atoms with Crippen molar-refractivity contribution in [2.45, 2.75) is 20.8 Å². The topological polar surface area (TPSA) is 38.9 Å². The molecule has 0 saturated heterocycles. The molecule has 1 rings (SSSR count). The van der Waals surface area contributed by atoms with Crippen molar-refractivity contribution in [1.82, 2.24) is 4.98 Å². The van der Waals surface area contributed by atoms with Gasteiger partial charge in [0.1, 0.15) is 5.01 Å². The van der Waals surface area contributed by atoms with E-state index in [0.29, 0.717) is 12.5 Å². The van der Waals surface area contributed by atoms with Gasteiger partial charge in [-0.15, -0.1) is 11.3 Å². The second kappa shape index (κ2) is 4.53. The van der Waals surface area contributed by atoms with E-state index in [0.717, 1.165) is 10.7 Å². The van der Waals surface area contributed by atoms with Crippen LogP contribution in [0.1, 0.15) is 24.5 Å². The molecule has 0 bridgehead atoms. The second-order valence-electron chi connectivity index (χ2n) is 3.41. The smallest absolute Gasteiger partial charge is 0.116 e. The van der Waals surface area contributed by atoms with E-state index in [4.69, 9.17) is 5.73 Å². The monoisotopic (exact) mass is 196 g/mol. The molecule has 1 aromatic heterocycles. The summed E-state index contributed by atoms with van der Waals surface area (Å²) in [7, 11) is 0. The maximum atomic E-state index is 5.64. The Balaban J connectivity index is 2.84. The van der Waals surface area contributed by atoms with E-state index in [1.54, 1.807) is 11.3 Å². The minimum absolute atomic E-state index is 0.509. The summed E-state index contributed by atoms with van der Waals surface area (Å²) in [5.41, 5.74) is 7.98. The number of nitrogens with zero attached hydrogens (tertiary/aromatic N) is 1. The fourth-order valence-electron chi connectivity index (χ4n) is 1.06. The van der Waals surface area contributed by atoms with Gasteiger partial charge in [-0.25, -0.2) is 4.98 Å². The van der Waals surface area contributed by atoms with Crippen LogP contribution in [0.4, 0.5) is 0 Å². The molecule has 2 N–H and O–H groups in total. The lowest BCUT2D eigenvalue weighted by Gasteiger charge is -2.06. The highest BCUT2D eigenvalue weighted by Crippen LogP contribution is 2.16. The molecule has 0 aromatic carbocycles. The van der Waals surface area contributed by atoms with Crippen LogP contribution in [-0.2, 0) is 0 Å². The molecular weight excluding hydrogens is 180 g/mol. The number of hydrogen-bond donors (Lipinski definition) is 1. The van der Waals surface area contributed by atoms with Crippen LogP contribution in [0, 0.1) is 12.8 Å². The Hall–Kier alpha value is -0.670. The first-order valence-electron chi connectivity index (χ1n) is 4.46. The Kier molecular flexibility index (Phi) is 3.63. The van der Waals surface area contributed by atoms with Crippen LogP contribution in [0.25, 0.3) is 6.08 Å². The maximum absolute atomic E-state index is 5.64. The summed E-state index contributed by atoms with van der Waals surface area (Å²) in [5, 5.41) is 3.12. The average molecular weight is 196 g/mol. The third-order valence-corrected chi connectivity index (χ3v) is 2.83. The highest BCUT2D eigenvalue weighted by atomic mass is 32.1. The molecule has 0 atom stereocenters. The van der Waals surface area contributed by atoms with Crippen molar-refractivity contribution in [2.75, 3.05) is 6.54 Å². The number of rotatable bonds is 3. The van der Waals surface area contributed by atoms with Gasteiger partial charge in [0.2, 0.25) is 0 Å². The van der Waals surface area contributed by atoms with E-state index < -0.39 is 0 Å². The van der Waals surface area contributed by atoms with Crippen molar-refractivity contribution in [3.63, 3.8) is 0 Å². The summed E-state index contributed by atoms with van der Waals surface area (Å²) in [6, 6.07) is 0. The van der Waals surface area contributed by atoms with Crippen molar-refractivity contribution in [3.05, 3.63) is 21.7 Å². The minimum atomic E-state index is 0.509. The third kappa shape index (κ3) is 2.94. The zero-order valence-electron chi connectivity index (χ0n) is 8.37. The first kappa shape index (κ1) is 10.4. The molecule has 2 nitrogen and oxygen atoms in total. The van der Waals surface area contributed by atoms with Gasteiger partial charge < -0.3 is 5.73 Å². The van der Waals surface area contributed by atoms with Crippen LogP contribution in [0.3, 0.4) is 0 Å². The van der Waals surface area contributed by atoms with Crippen LogP contribution in [0.5, 0.6) is 0 Å². The van der Waals surface area contributed by atoms with Crippen LogP contribution in [-0.4, -0.2) is 11.5 Å². The highest BCUT2D eigenvalue weighted by Gasteiger charge is 2.02. The van der Waals surface area contributed by atoms with Crippen LogP contribution in [0.15, 0.2) is 11.0 Å². The molecule has 13 heavy (non-hydrogen) atoms. The number of aryl methyl sites for hydroxylation is 1. The van der Waals surface area contributed by atoms with Gasteiger partial charge in [0.25, 0.3) is 0 Å². The molecule has 1 heterocycles. The van der Waals surface area contributed by atoms with E-state index in [9.17, 15) is 0 Å². The molecule has 0 unspecified atom stereocenters. The first-order valence-corrected chi connectivity index (χ1v) is 5.34. The van der Waals surface area contributed by atoms with Crippen molar-refractivity contribution >= 4 is 17.4 Å². The molecule has 0 aliphatic heterocycles. The quantitative estimate of drug-likeness (QED) is 0.806. The fraction of sp³-hybridized carbons (Fsp3) is 0.500. The lowest BCUT2D eigenvalue weighted by molar-refractivity contribution is 0.752. The fourth-order valence-corrected chi connectivity index (χ4v) is 1.82. The van der Waals surface area contributed by atoms with E-state index in [1.165, 1.54) is 5.57 Å². The molecule has 0 radical (unpaired) electrons. The van der Waals surface area contributed by atoms with Crippen LogP contribution >= 0.6 is 11.3 Å². The van der Waals surface area contributed by atoms with Gasteiger partial charge in [-0.3, -0.25) is 0 Å². The van der Waals surface area contributed by atoms with Crippen LogP contribution < -0.4 is 5.73 Å². The largest absolute Gasteiger partial charge is 0.327 e. The van der Waals surface area contributed by atoms with Crippen molar-refractivity contribution in [2.24, 2.45) is 11.7 Å². The predicted octanol–water partition coefficient (Wildman–Crippen LogP) is 2.45. The summed E-state index contributed by atoms with van der Waals surface area (Å²) in [5.74, 6) is 0.509. The molecule has 0 saturated carbocycles. The predicted molar refractivity (Wildman–Crippen MR) is 58.7 cm³/mol. The Morgan fingerprint density at radius 3 is 2.77 bits per heavy atom. The zero-order valence-corrected chi connectivity index (χ0v) is 9.19. The number of nitrogens with two attached hydrogens (primary N) is 1. The lowest BCUT2D eigenvalue weighted by Crippen LogP contribution is -2.07. The van der Waals surface area contributed by atoms with Gasteiger partial charge in [0.15, 0.2) is 0 Å². The van der Waals surface area contributed by atoms with Crippen molar-refractivity contribution in [3.8, 4) is 0 Å². The molecule has 0 aliphatic carbocycles. The Labute approximate surface area is 83.5 Å². The number of thiazole rings is 1. The van der Waals surface area contributed by atoms with E-state index in [1.807, 2.05) is 6.92 Å². The summed E-state index contributed by atoms with van der Waals surface area (Å²) in [4.78, 5) is 4.37. The molecule has 0 aliphatic rings. The minimum Gasteiger partial charge on any atom is -0.327 e. The summed E-state index contributed by atoms with van der Waals surface area (Å²) < 4.78 is 0. The molecule has 1 aromatic rings. The van der Waals surface area contributed by atoms with Gasteiger partial charge in [-0.05, 0) is 18.9 Å². The van der Waals surface area contributed by atoms with E-state index in [-0.39, 0.29) is 0 Å². The Morgan fingerprint density at radius 1 is 1.69 bits per heavy atom. The van der Waals surface area contributed by atoms with Gasteiger partial charge in [-0.1, -0.05) is 19.4 Å². The average Bonchev–Trinajstić information content (AvgIpc) is 2.46. The summed E-state index contributed by atoms with van der Waals surface area (Å²) in [6.45, 7) is 6.93. The van der Waals surface area contributed by atoms with Crippen LogP contribution in [0.2, 0.25) is 0 Å². The highest BCUT2D eigenvalue weighted by molar-refractivity contribution is 7.10. The molecular formula is C10H16N2S. The molecule has 0 fully saturated rings. The molecule has 3 heteroatoms. The van der Waals surface area contributed by atoms with Crippen molar-refractivity contribution < 1.29 is 0 Å². The standard InChI is InChI=1S/C10H16N2S/c1-7(2)9(5-11)4-10-12-8(3)6-13-10/h4,6-7H,5,11H2,1-3H3. The number of aromatic nitrogens is 1. The second-order valence-corrected chi connectivity index (χ2v) is 4.29. The summed E-state index contributed by atoms with van der Waals surface area (Å²) in [6.07, 6.45) is 2.10. The first-order chi connectivity index (χ1) is 6.13. The number of hydrogen-bond acceptors (Lipinski definition) is 3. The van der Waals surface area contributed by atoms with Gasteiger partial charge in [0, 0.05) is 17.6 Å². The van der Waals surface area contributed by atoms with E-state index >= 15 is 0 Å². The van der Waals surface area contributed by atoms with E-state index in [2.05, 4.69) is 30.3 Å². The molecule has 72 valence electrons. The molecule has 0 amide bonds. The third-order valence-electron chi connectivity index (χ3n) is 1.92.